The molecule has 0 fully saturated rings. The quantitative estimate of drug-likeness (QED) is 0.422. The molecule has 0 unspecified atom stereocenters. The molecule has 0 nitrogen and oxygen atoms in total. The van der Waals surface area contributed by atoms with Gasteiger partial charge in [-0.05, 0) is 5.41 Å². The Morgan fingerprint density at radius 1 is 1.18 bits per heavy atom. The molecule has 0 aliphatic heterocycles. The monoisotopic (exact) mass is 327 g/mol. The second-order valence-electron chi connectivity index (χ2n) is 4.41. The van der Waals surface area contributed by atoms with Gasteiger partial charge < -0.3 is 37.2 Å². The first-order valence-corrected chi connectivity index (χ1v) is 4.83. The third-order valence-corrected chi connectivity index (χ3v) is 2.53. The van der Waals surface area contributed by atoms with Gasteiger partial charge in [-0.1, -0.05) is 38.8 Å². The number of hydrogen-bond acceptors (Lipinski definition) is 0. The maximum atomic E-state index is 3.37. The van der Waals surface area contributed by atoms with Crippen molar-refractivity contribution in [1.82, 2.24) is 0 Å². The molecule has 0 aromatic heterocycles. The average molecular weight is 329 g/mol. The predicted molar refractivity (Wildman–Crippen MR) is 56.1 cm³/mol. The fourth-order valence-corrected chi connectivity index (χ4v) is 1.84. The summed E-state index contributed by atoms with van der Waals surface area (Å²) < 4.78 is 0. The van der Waals surface area contributed by atoms with Gasteiger partial charge >= 0.3 is 18.6 Å². The Bertz CT molecular complexity index is 339. The molecule has 0 spiro atoms. The van der Waals surface area contributed by atoms with E-state index in [0.29, 0.717) is 5.41 Å². The van der Waals surface area contributed by atoms with E-state index in [1.54, 1.807) is 0 Å². The van der Waals surface area contributed by atoms with Gasteiger partial charge in [0.1, 0.15) is 0 Å². The zero-order chi connectivity index (χ0) is 9.31. The van der Waals surface area contributed by atoms with Crippen LogP contribution in [0.5, 0.6) is 0 Å². The van der Waals surface area contributed by atoms with Gasteiger partial charge in [0, 0.05) is 0 Å². The Morgan fingerprint density at radius 2 is 1.82 bits per heavy atom. The Morgan fingerprint density at radius 3 is 2.29 bits per heavy atom. The maximum absolute atomic E-state index is 3.37. The van der Waals surface area contributed by atoms with Crippen LogP contribution in [-0.2, 0) is 18.6 Å². The van der Waals surface area contributed by atoms with Crippen molar-refractivity contribution < 1.29 is 55.8 Å². The van der Waals surface area contributed by atoms with E-state index in [0.717, 1.165) is 12.8 Å². The van der Waals surface area contributed by atoms with E-state index in [1.165, 1.54) is 11.1 Å². The summed E-state index contributed by atoms with van der Waals surface area (Å²) in [6.45, 7) is 4.55. The van der Waals surface area contributed by atoms with Gasteiger partial charge in [0.15, 0.2) is 0 Å². The average Bonchev–Trinajstić information content (AvgIpc) is 2.53. The third kappa shape index (κ3) is 6.22. The topological polar surface area (TPSA) is 0 Å². The first-order chi connectivity index (χ1) is 6.17. The van der Waals surface area contributed by atoms with E-state index in [9.17, 15) is 0 Å². The molecule has 93 valence electrons. The summed E-state index contributed by atoms with van der Waals surface area (Å²) in [4.78, 5) is 0. The molecule has 0 saturated heterocycles. The predicted octanol–water partition coefficient (Wildman–Crippen LogP) is -5.40. The van der Waals surface area contributed by atoms with Gasteiger partial charge in [0.2, 0.25) is 0 Å². The van der Waals surface area contributed by atoms with Crippen molar-refractivity contribution in [3.8, 4) is 0 Å². The van der Waals surface area contributed by atoms with Crippen molar-refractivity contribution >= 4 is 0 Å². The molecule has 0 aromatic rings. The van der Waals surface area contributed by atoms with Crippen molar-refractivity contribution in [2.75, 3.05) is 0 Å². The third-order valence-electron chi connectivity index (χ3n) is 2.53. The van der Waals surface area contributed by atoms with Crippen LogP contribution in [0.1, 0.15) is 26.7 Å². The number of halogens is 3. The van der Waals surface area contributed by atoms with Crippen LogP contribution in [0.3, 0.4) is 0 Å². The molecule has 0 N–H and O–H groups in total. The van der Waals surface area contributed by atoms with Crippen LogP contribution in [-0.4, -0.2) is 0 Å². The normalized spacial score (nSPS) is 18.7. The van der Waals surface area contributed by atoms with E-state index in [1.807, 2.05) is 0 Å². The van der Waals surface area contributed by atoms with Crippen molar-refractivity contribution in [2.45, 2.75) is 26.7 Å². The summed E-state index contributed by atoms with van der Waals surface area (Å²) in [5, 5.41) is 0. The Labute approximate surface area is 135 Å². The van der Waals surface area contributed by atoms with Crippen LogP contribution in [0.2, 0.25) is 0 Å². The summed E-state index contributed by atoms with van der Waals surface area (Å²) in [5.41, 5.74) is 3.05. The van der Waals surface area contributed by atoms with Crippen LogP contribution in [0.25, 0.3) is 0 Å². The Hall–Kier alpha value is 0.414. The Kier molecular flexibility index (Phi) is 12.4. The van der Waals surface area contributed by atoms with E-state index in [2.05, 4.69) is 50.3 Å². The fraction of sp³-hybridized carbons (Fsp3) is 0.385. The molecule has 2 rings (SSSR count). The van der Waals surface area contributed by atoms with Crippen LogP contribution >= 0.6 is 0 Å². The van der Waals surface area contributed by atoms with Crippen molar-refractivity contribution in [2.24, 2.45) is 5.41 Å². The van der Waals surface area contributed by atoms with Crippen molar-refractivity contribution in [3.63, 3.8) is 0 Å². The Balaban J connectivity index is -0.000000490. The molecule has 0 aromatic carbocycles. The van der Waals surface area contributed by atoms with E-state index >= 15 is 0 Å². The smallest absolute Gasteiger partial charge is 1.00 e. The van der Waals surface area contributed by atoms with Crippen LogP contribution < -0.4 is 37.2 Å². The summed E-state index contributed by atoms with van der Waals surface area (Å²) >= 11 is 0. The van der Waals surface area contributed by atoms with Gasteiger partial charge in [-0.15, -0.1) is 17.7 Å². The molecular formula is C13H15Cl3V. The molecule has 0 atom stereocenters. The molecule has 17 heavy (non-hydrogen) atoms. The number of rotatable bonds is 1. The van der Waals surface area contributed by atoms with Crippen LogP contribution in [0.15, 0.2) is 41.5 Å². The first kappa shape index (κ1) is 22.6. The van der Waals surface area contributed by atoms with Gasteiger partial charge in [0.25, 0.3) is 0 Å². The van der Waals surface area contributed by atoms with E-state index < -0.39 is 0 Å². The summed E-state index contributed by atoms with van der Waals surface area (Å²) in [5.74, 6) is 0. The first-order valence-electron chi connectivity index (χ1n) is 4.83. The minimum absolute atomic E-state index is 0. The maximum Gasteiger partial charge on any atom is 4.00 e. The summed E-state index contributed by atoms with van der Waals surface area (Å²) in [7, 11) is 0. The van der Waals surface area contributed by atoms with Gasteiger partial charge in [-0.2, -0.15) is 17.7 Å². The second kappa shape index (κ2) is 9.36. The number of hydrogen-bond donors (Lipinski definition) is 0. The van der Waals surface area contributed by atoms with Crippen LogP contribution in [0, 0.1) is 11.5 Å². The molecule has 1 radical (unpaired) electrons. The summed E-state index contributed by atoms with van der Waals surface area (Å²) in [6, 6.07) is 0. The minimum Gasteiger partial charge on any atom is -1.00 e. The molecular weight excluding hydrogens is 313 g/mol. The number of allylic oxidation sites excluding steroid dienone is 8. The van der Waals surface area contributed by atoms with Gasteiger partial charge in [-0.25, -0.2) is 0 Å². The van der Waals surface area contributed by atoms with Gasteiger partial charge in [0.05, 0.1) is 0 Å². The molecule has 2 aliphatic rings. The minimum atomic E-state index is 0. The zero-order valence-electron chi connectivity index (χ0n) is 9.88. The molecule has 4 heteroatoms. The fourth-order valence-electron chi connectivity index (χ4n) is 1.84. The van der Waals surface area contributed by atoms with E-state index in [4.69, 9.17) is 0 Å². The zero-order valence-corrected chi connectivity index (χ0v) is 13.5. The molecule has 2 aliphatic carbocycles. The summed E-state index contributed by atoms with van der Waals surface area (Å²) in [6.07, 6.45) is 16.5. The SMILES string of the molecule is CC1(C)C=CC=C(C2=[C-]CC=C2)C1.[Cl-].[Cl-].[Cl-].[V+4]. The van der Waals surface area contributed by atoms with Crippen molar-refractivity contribution in [1.29, 1.82) is 0 Å². The largest absolute Gasteiger partial charge is 4.00 e. The van der Waals surface area contributed by atoms with Crippen LogP contribution in [0.4, 0.5) is 0 Å². The molecule has 0 amide bonds. The van der Waals surface area contributed by atoms with Crippen molar-refractivity contribution in [3.05, 3.63) is 47.6 Å². The van der Waals surface area contributed by atoms with E-state index in [-0.39, 0.29) is 55.8 Å². The molecule has 0 heterocycles. The molecule has 0 bridgehead atoms. The van der Waals surface area contributed by atoms with Gasteiger partial charge in [-0.3, -0.25) is 0 Å². The second-order valence-corrected chi connectivity index (χ2v) is 4.41. The molecule has 0 saturated carbocycles. The standard InChI is InChI=1S/C13H15.3ClH.V/c1-13(2)9-5-8-12(10-13)11-6-3-4-7-11;;;;/h3,5-6,8-9H,4,10H2,1-2H3;3*1H;/q-1;;;;+4/p-3.